The average molecular weight is 255 g/mol. The van der Waals surface area contributed by atoms with Crippen LogP contribution in [0.15, 0.2) is 42.5 Å². The molecule has 1 amide bonds. The molecule has 0 spiro atoms. The fourth-order valence-electron chi connectivity index (χ4n) is 1.92. The number of hydrogen-bond acceptors (Lipinski definition) is 3. The molecule has 2 aromatic rings. The quantitative estimate of drug-likeness (QED) is 0.736. The fourth-order valence-corrected chi connectivity index (χ4v) is 1.92. The van der Waals surface area contributed by atoms with Crippen molar-refractivity contribution in [2.75, 3.05) is 11.1 Å². The van der Waals surface area contributed by atoms with Crippen LogP contribution in [-0.2, 0) is 6.54 Å². The lowest BCUT2D eigenvalue weighted by Crippen LogP contribution is -2.15. The van der Waals surface area contributed by atoms with Gasteiger partial charge in [-0.1, -0.05) is 24.3 Å². The van der Waals surface area contributed by atoms with Crippen molar-refractivity contribution in [2.45, 2.75) is 13.5 Å². The molecule has 98 valence electrons. The molecule has 0 aliphatic heterocycles. The zero-order valence-corrected chi connectivity index (χ0v) is 10.8. The summed E-state index contributed by atoms with van der Waals surface area (Å²) in [5.74, 6) is -0.198. The van der Waals surface area contributed by atoms with Crippen LogP contribution in [0.5, 0.6) is 0 Å². The molecule has 0 saturated heterocycles. The number of amides is 1. The smallest absolute Gasteiger partial charge is 0.258 e. The second kappa shape index (κ2) is 5.54. The van der Waals surface area contributed by atoms with Gasteiger partial charge >= 0.3 is 0 Å². The van der Waals surface area contributed by atoms with E-state index in [1.54, 1.807) is 6.07 Å². The van der Waals surface area contributed by atoms with E-state index < -0.39 is 0 Å². The molecule has 0 atom stereocenters. The van der Waals surface area contributed by atoms with E-state index >= 15 is 0 Å². The maximum atomic E-state index is 12.2. The molecule has 0 aromatic heterocycles. The third-order valence-corrected chi connectivity index (χ3v) is 2.98. The predicted octanol–water partition coefficient (Wildman–Crippen LogP) is 2.29. The third-order valence-electron chi connectivity index (χ3n) is 2.98. The number of hydrogen-bond donors (Lipinski definition) is 3. The Balaban J connectivity index is 2.21. The molecule has 2 rings (SSSR count). The second-order valence-corrected chi connectivity index (χ2v) is 4.39. The zero-order valence-electron chi connectivity index (χ0n) is 10.8. The van der Waals surface area contributed by atoms with Crippen LogP contribution in [0.25, 0.3) is 0 Å². The molecule has 0 heterocycles. The first kappa shape index (κ1) is 13.1. The van der Waals surface area contributed by atoms with E-state index in [9.17, 15) is 4.79 Å². The fraction of sp³-hybridized carbons (Fsp3) is 0.133. The van der Waals surface area contributed by atoms with Crippen molar-refractivity contribution in [1.29, 1.82) is 0 Å². The minimum absolute atomic E-state index is 0.198. The molecule has 0 unspecified atom stereocenters. The number of anilines is 2. The van der Waals surface area contributed by atoms with Gasteiger partial charge in [0.2, 0.25) is 0 Å². The number of carbonyl (C=O) groups excluding carboxylic acids is 1. The topological polar surface area (TPSA) is 81.1 Å². The van der Waals surface area contributed by atoms with E-state index in [2.05, 4.69) is 5.32 Å². The van der Waals surface area contributed by atoms with E-state index in [1.807, 2.05) is 43.3 Å². The normalized spacial score (nSPS) is 10.2. The highest BCUT2D eigenvalue weighted by atomic mass is 16.1. The number of nitrogens with two attached hydrogens (primary N) is 2. The van der Waals surface area contributed by atoms with Crippen molar-refractivity contribution >= 4 is 17.3 Å². The molecule has 0 bridgehead atoms. The zero-order chi connectivity index (χ0) is 13.8. The van der Waals surface area contributed by atoms with Crippen molar-refractivity contribution in [3.05, 3.63) is 59.2 Å². The Hall–Kier alpha value is -2.33. The Morgan fingerprint density at radius 1 is 1.16 bits per heavy atom. The van der Waals surface area contributed by atoms with Crippen molar-refractivity contribution in [3.8, 4) is 0 Å². The largest absolute Gasteiger partial charge is 0.398 e. The molecule has 0 aliphatic rings. The summed E-state index contributed by atoms with van der Waals surface area (Å²) in [6.07, 6.45) is 0. The number of rotatable bonds is 3. The van der Waals surface area contributed by atoms with Gasteiger partial charge in [0.1, 0.15) is 0 Å². The Bertz CT molecular complexity index is 571. The molecule has 4 nitrogen and oxygen atoms in total. The lowest BCUT2D eigenvalue weighted by atomic mass is 10.1. The van der Waals surface area contributed by atoms with E-state index in [1.165, 1.54) is 0 Å². The molecule has 0 aliphatic carbocycles. The third kappa shape index (κ3) is 2.92. The van der Waals surface area contributed by atoms with Gasteiger partial charge in [-0.25, -0.2) is 0 Å². The van der Waals surface area contributed by atoms with E-state index in [0.29, 0.717) is 17.8 Å². The predicted molar refractivity (Wildman–Crippen MR) is 77.9 cm³/mol. The van der Waals surface area contributed by atoms with Crippen molar-refractivity contribution in [2.24, 2.45) is 5.73 Å². The molecular formula is C15H17N3O. The van der Waals surface area contributed by atoms with Gasteiger partial charge in [0.15, 0.2) is 0 Å². The van der Waals surface area contributed by atoms with Crippen LogP contribution < -0.4 is 16.8 Å². The highest BCUT2D eigenvalue weighted by Crippen LogP contribution is 2.18. The van der Waals surface area contributed by atoms with Crippen LogP contribution in [0.3, 0.4) is 0 Å². The number of aryl methyl sites for hydroxylation is 1. The summed E-state index contributed by atoms with van der Waals surface area (Å²) in [5.41, 5.74) is 15.0. The maximum Gasteiger partial charge on any atom is 0.258 e. The first-order valence-corrected chi connectivity index (χ1v) is 6.07. The van der Waals surface area contributed by atoms with Gasteiger partial charge in [0, 0.05) is 17.9 Å². The number of nitrogens with one attached hydrogen (secondary N) is 1. The summed E-state index contributed by atoms with van der Waals surface area (Å²) in [6, 6.07) is 12.8. The number of benzene rings is 2. The SMILES string of the molecule is Cc1cccc(N)c1C(=O)Nc1ccc(CN)cc1. The number of carbonyl (C=O) groups is 1. The Labute approximate surface area is 112 Å². The van der Waals surface area contributed by atoms with Crippen molar-refractivity contribution in [1.82, 2.24) is 0 Å². The van der Waals surface area contributed by atoms with Gasteiger partial charge in [-0.3, -0.25) is 4.79 Å². The molecule has 2 aromatic carbocycles. The summed E-state index contributed by atoms with van der Waals surface area (Å²) in [6.45, 7) is 2.35. The Morgan fingerprint density at radius 3 is 2.42 bits per heavy atom. The van der Waals surface area contributed by atoms with Crippen molar-refractivity contribution < 1.29 is 4.79 Å². The summed E-state index contributed by atoms with van der Waals surface area (Å²) < 4.78 is 0. The average Bonchev–Trinajstić information content (AvgIpc) is 2.39. The molecular weight excluding hydrogens is 238 g/mol. The minimum atomic E-state index is -0.198. The molecule has 19 heavy (non-hydrogen) atoms. The monoisotopic (exact) mass is 255 g/mol. The molecule has 5 N–H and O–H groups in total. The van der Waals surface area contributed by atoms with E-state index in [-0.39, 0.29) is 5.91 Å². The van der Waals surface area contributed by atoms with Crippen LogP contribution >= 0.6 is 0 Å². The van der Waals surface area contributed by atoms with Gasteiger partial charge in [-0.2, -0.15) is 0 Å². The highest BCUT2D eigenvalue weighted by Gasteiger charge is 2.12. The van der Waals surface area contributed by atoms with Gasteiger partial charge in [0.25, 0.3) is 5.91 Å². The standard InChI is InChI=1S/C15H17N3O/c1-10-3-2-4-13(17)14(10)15(19)18-12-7-5-11(9-16)6-8-12/h2-8H,9,16-17H2,1H3,(H,18,19). The first-order valence-electron chi connectivity index (χ1n) is 6.07. The highest BCUT2D eigenvalue weighted by molar-refractivity contribution is 6.08. The van der Waals surface area contributed by atoms with Gasteiger partial charge < -0.3 is 16.8 Å². The van der Waals surface area contributed by atoms with Crippen LogP contribution in [0, 0.1) is 6.92 Å². The summed E-state index contributed by atoms with van der Waals surface area (Å²) in [7, 11) is 0. The van der Waals surface area contributed by atoms with Crippen molar-refractivity contribution in [3.63, 3.8) is 0 Å². The van der Waals surface area contributed by atoms with Gasteiger partial charge in [-0.15, -0.1) is 0 Å². The first-order chi connectivity index (χ1) is 9.11. The van der Waals surface area contributed by atoms with Crippen LogP contribution in [0.1, 0.15) is 21.5 Å². The Morgan fingerprint density at radius 2 is 1.84 bits per heavy atom. The van der Waals surface area contributed by atoms with E-state index in [0.717, 1.165) is 16.8 Å². The maximum absolute atomic E-state index is 12.2. The minimum Gasteiger partial charge on any atom is -0.398 e. The summed E-state index contributed by atoms with van der Waals surface area (Å²) >= 11 is 0. The number of nitrogen functional groups attached to an aromatic ring is 1. The molecule has 0 saturated carbocycles. The summed E-state index contributed by atoms with van der Waals surface area (Å²) in [5, 5.41) is 2.83. The second-order valence-electron chi connectivity index (χ2n) is 4.39. The molecule has 0 radical (unpaired) electrons. The lowest BCUT2D eigenvalue weighted by molar-refractivity contribution is 0.102. The van der Waals surface area contributed by atoms with Crippen LogP contribution in [0.4, 0.5) is 11.4 Å². The van der Waals surface area contributed by atoms with Crippen LogP contribution in [-0.4, -0.2) is 5.91 Å². The van der Waals surface area contributed by atoms with Crippen LogP contribution in [0.2, 0.25) is 0 Å². The molecule has 0 fully saturated rings. The van der Waals surface area contributed by atoms with Gasteiger partial charge in [0.05, 0.1) is 5.56 Å². The summed E-state index contributed by atoms with van der Waals surface area (Å²) in [4.78, 5) is 12.2. The van der Waals surface area contributed by atoms with Gasteiger partial charge in [-0.05, 0) is 36.2 Å². The molecule has 4 heteroatoms. The van der Waals surface area contributed by atoms with E-state index in [4.69, 9.17) is 11.5 Å². The Kier molecular flexibility index (Phi) is 3.82. The lowest BCUT2D eigenvalue weighted by Gasteiger charge is -2.10.